The molecule has 0 saturated carbocycles. The van der Waals surface area contributed by atoms with E-state index in [1.807, 2.05) is 19.4 Å². The smallest absolute Gasteiger partial charge is 0.475 e. The van der Waals surface area contributed by atoms with Crippen LogP contribution in [0.1, 0.15) is 42.6 Å². The maximum Gasteiger partial charge on any atom is 0.490 e. The molecule has 3 heterocycles. The number of piperidine rings is 1. The summed E-state index contributed by atoms with van der Waals surface area (Å²) in [6.45, 7) is 5.82. The molecule has 1 spiro atoms. The summed E-state index contributed by atoms with van der Waals surface area (Å²) in [6, 6.07) is 8.55. The van der Waals surface area contributed by atoms with Crippen LogP contribution in [0.25, 0.3) is 0 Å². The summed E-state index contributed by atoms with van der Waals surface area (Å²) in [5.41, 5.74) is 2.56. The van der Waals surface area contributed by atoms with Crippen LogP contribution < -0.4 is 0 Å². The Hall–Kier alpha value is -2.88. The molecule has 33 heavy (non-hydrogen) atoms. The molecule has 0 radical (unpaired) electrons. The van der Waals surface area contributed by atoms with Crippen molar-refractivity contribution in [3.05, 3.63) is 53.6 Å². The summed E-state index contributed by atoms with van der Waals surface area (Å²) in [6.07, 6.45) is 2.61. The Kier molecular flexibility index (Phi) is 7.46. The molecule has 2 aromatic rings. The molecular formula is C23H29F3N4O3. The van der Waals surface area contributed by atoms with Crippen molar-refractivity contribution in [2.45, 2.75) is 57.4 Å². The fourth-order valence-electron chi connectivity index (χ4n) is 4.52. The van der Waals surface area contributed by atoms with Gasteiger partial charge in [-0.1, -0.05) is 29.8 Å². The van der Waals surface area contributed by atoms with Crippen LogP contribution in [0.3, 0.4) is 0 Å². The number of halogens is 3. The average Bonchev–Trinajstić information content (AvgIpc) is 3.28. The number of carbonyl (C=O) groups excluding carboxylic acids is 1. The Morgan fingerprint density at radius 2 is 1.85 bits per heavy atom. The van der Waals surface area contributed by atoms with Crippen LogP contribution in [0.5, 0.6) is 0 Å². The standard InChI is InChI=1S/C21H28N4O.C2HF3O2/c1-17-4-3-5-18(14-17)15-25-20(26)6-7-21(25)8-11-24(12-9-21)16-19-22-10-13-23(19)2;3-2(4,5)1(6)7/h3-5,10,13-14H,6-9,11-12,15-16H2,1-2H3;(H,6,7). The highest BCUT2D eigenvalue weighted by Crippen LogP contribution is 2.40. The van der Waals surface area contributed by atoms with Crippen LogP contribution in [0.2, 0.25) is 0 Å². The fourth-order valence-corrected chi connectivity index (χ4v) is 4.52. The van der Waals surface area contributed by atoms with Gasteiger partial charge in [-0.3, -0.25) is 9.69 Å². The summed E-state index contributed by atoms with van der Waals surface area (Å²) in [5, 5.41) is 7.12. The number of carboxylic acids is 1. The quantitative estimate of drug-likeness (QED) is 0.746. The summed E-state index contributed by atoms with van der Waals surface area (Å²) in [4.78, 5) is 30.6. The summed E-state index contributed by atoms with van der Waals surface area (Å²) >= 11 is 0. The van der Waals surface area contributed by atoms with E-state index in [0.29, 0.717) is 12.3 Å². The number of amides is 1. The van der Waals surface area contributed by atoms with E-state index in [1.165, 1.54) is 11.1 Å². The molecule has 2 fully saturated rings. The third-order valence-electron chi connectivity index (χ3n) is 6.42. The minimum absolute atomic E-state index is 0.0545. The average molecular weight is 467 g/mol. The van der Waals surface area contributed by atoms with Crippen molar-refractivity contribution < 1.29 is 27.9 Å². The van der Waals surface area contributed by atoms with Gasteiger partial charge in [-0.2, -0.15) is 13.2 Å². The molecule has 0 unspecified atom stereocenters. The Morgan fingerprint density at radius 3 is 2.39 bits per heavy atom. The number of aryl methyl sites for hydroxylation is 2. The van der Waals surface area contributed by atoms with Gasteiger partial charge in [0.25, 0.3) is 0 Å². The van der Waals surface area contributed by atoms with Gasteiger partial charge in [0, 0.05) is 51.0 Å². The second kappa shape index (κ2) is 9.94. The number of aromatic nitrogens is 2. The Morgan fingerprint density at radius 1 is 1.18 bits per heavy atom. The number of imidazole rings is 1. The first-order chi connectivity index (χ1) is 15.5. The summed E-state index contributed by atoms with van der Waals surface area (Å²) in [7, 11) is 2.05. The molecule has 180 valence electrons. The number of carbonyl (C=O) groups is 2. The van der Waals surface area contributed by atoms with E-state index < -0.39 is 12.1 Å². The van der Waals surface area contributed by atoms with E-state index in [9.17, 15) is 18.0 Å². The molecule has 1 aromatic carbocycles. The Bertz CT molecular complexity index is 981. The molecule has 2 aliphatic rings. The molecule has 10 heteroatoms. The highest BCUT2D eigenvalue weighted by atomic mass is 19.4. The van der Waals surface area contributed by atoms with E-state index in [0.717, 1.165) is 51.3 Å². The second-order valence-electron chi connectivity index (χ2n) is 8.73. The van der Waals surface area contributed by atoms with Gasteiger partial charge in [0.05, 0.1) is 6.54 Å². The summed E-state index contributed by atoms with van der Waals surface area (Å²) in [5.74, 6) is -1.32. The molecule has 4 rings (SSSR count). The van der Waals surface area contributed by atoms with Crippen molar-refractivity contribution in [2.75, 3.05) is 13.1 Å². The normalized spacial score (nSPS) is 18.3. The monoisotopic (exact) mass is 466 g/mol. The van der Waals surface area contributed by atoms with E-state index in [4.69, 9.17) is 9.90 Å². The molecule has 7 nitrogen and oxygen atoms in total. The van der Waals surface area contributed by atoms with Gasteiger partial charge in [0.1, 0.15) is 5.82 Å². The minimum atomic E-state index is -5.08. The number of benzene rings is 1. The predicted octanol–water partition coefficient (Wildman–Crippen LogP) is 3.52. The SMILES string of the molecule is Cc1cccc(CN2C(=O)CCC23CCN(Cc2nccn2C)CC3)c1.O=C(O)C(F)(F)F. The lowest BCUT2D eigenvalue weighted by atomic mass is 9.84. The zero-order valence-electron chi connectivity index (χ0n) is 18.8. The lowest BCUT2D eigenvalue weighted by Crippen LogP contribution is -2.52. The molecule has 2 saturated heterocycles. The zero-order chi connectivity index (χ0) is 24.2. The van der Waals surface area contributed by atoms with Crippen molar-refractivity contribution >= 4 is 11.9 Å². The number of hydrogen-bond donors (Lipinski definition) is 1. The number of nitrogens with zero attached hydrogens (tertiary/aromatic N) is 4. The third kappa shape index (κ3) is 6.13. The van der Waals surface area contributed by atoms with Gasteiger partial charge < -0.3 is 14.6 Å². The van der Waals surface area contributed by atoms with Gasteiger partial charge in [-0.25, -0.2) is 9.78 Å². The summed E-state index contributed by atoms with van der Waals surface area (Å²) < 4.78 is 33.8. The van der Waals surface area contributed by atoms with Gasteiger partial charge >= 0.3 is 12.1 Å². The van der Waals surface area contributed by atoms with Crippen LogP contribution in [-0.4, -0.2) is 61.1 Å². The number of likely N-dealkylation sites (tertiary alicyclic amines) is 2. The van der Waals surface area contributed by atoms with Crippen LogP contribution in [0.15, 0.2) is 36.7 Å². The molecular weight excluding hydrogens is 437 g/mol. The molecule has 0 bridgehead atoms. The lowest BCUT2D eigenvalue weighted by Gasteiger charge is -2.45. The van der Waals surface area contributed by atoms with Gasteiger partial charge in [0.15, 0.2) is 0 Å². The van der Waals surface area contributed by atoms with Crippen LogP contribution in [0.4, 0.5) is 13.2 Å². The van der Waals surface area contributed by atoms with E-state index in [-0.39, 0.29) is 5.54 Å². The predicted molar refractivity (Wildman–Crippen MR) is 115 cm³/mol. The van der Waals surface area contributed by atoms with Crippen LogP contribution >= 0.6 is 0 Å². The van der Waals surface area contributed by atoms with Crippen LogP contribution in [0, 0.1) is 6.92 Å². The Balaban J connectivity index is 0.000000383. The number of alkyl halides is 3. The maximum atomic E-state index is 12.6. The van der Waals surface area contributed by atoms with Crippen LogP contribution in [-0.2, 0) is 29.7 Å². The topological polar surface area (TPSA) is 78.7 Å². The highest BCUT2D eigenvalue weighted by molar-refractivity contribution is 5.79. The third-order valence-corrected chi connectivity index (χ3v) is 6.42. The number of aliphatic carboxylic acids is 1. The first kappa shape index (κ1) is 24.8. The van der Waals surface area contributed by atoms with Crippen molar-refractivity contribution in [3.63, 3.8) is 0 Å². The van der Waals surface area contributed by atoms with E-state index in [2.05, 4.69) is 50.5 Å². The maximum absolute atomic E-state index is 12.6. The minimum Gasteiger partial charge on any atom is -0.475 e. The fraction of sp³-hybridized carbons (Fsp3) is 0.522. The van der Waals surface area contributed by atoms with E-state index >= 15 is 0 Å². The van der Waals surface area contributed by atoms with Crippen molar-refractivity contribution in [3.8, 4) is 0 Å². The second-order valence-corrected chi connectivity index (χ2v) is 8.73. The highest BCUT2D eigenvalue weighted by Gasteiger charge is 2.46. The number of hydrogen-bond acceptors (Lipinski definition) is 4. The molecule has 0 aliphatic carbocycles. The molecule has 1 aromatic heterocycles. The van der Waals surface area contributed by atoms with Crippen molar-refractivity contribution in [1.29, 1.82) is 0 Å². The number of carboxylic acid groups (broad SMARTS) is 1. The van der Waals surface area contributed by atoms with Gasteiger partial charge in [-0.15, -0.1) is 0 Å². The zero-order valence-corrected chi connectivity index (χ0v) is 18.8. The molecule has 1 N–H and O–H groups in total. The van der Waals surface area contributed by atoms with Crippen molar-refractivity contribution in [2.24, 2.45) is 7.05 Å². The van der Waals surface area contributed by atoms with Gasteiger partial charge in [0.2, 0.25) is 5.91 Å². The van der Waals surface area contributed by atoms with E-state index in [1.54, 1.807) is 0 Å². The van der Waals surface area contributed by atoms with Gasteiger partial charge in [-0.05, 0) is 31.7 Å². The molecule has 2 aliphatic heterocycles. The molecule has 0 atom stereocenters. The Labute approximate surface area is 190 Å². The number of rotatable bonds is 4. The first-order valence-electron chi connectivity index (χ1n) is 10.8. The largest absolute Gasteiger partial charge is 0.490 e. The van der Waals surface area contributed by atoms with Crippen molar-refractivity contribution in [1.82, 2.24) is 19.4 Å². The first-order valence-corrected chi connectivity index (χ1v) is 10.8. The molecule has 1 amide bonds. The lowest BCUT2D eigenvalue weighted by molar-refractivity contribution is -0.192.